The summed E-state index contributed by atoms with van der Waals surface area (Å²) in [5.41, 5.74) is 7.49. The number of rotatable bonds is 2. The summed E-state index contributed by atoms with van der Waals surface area (Å²) in [4.78, 5) is 4.26. The van der Waals surface area contributed by atoms with Crippen molar-refractivity contribution in [3.63, 3.8) is 0 Å². The van der Waals surface area contributed by atoms with Crippen molar-refractivity contribution in [2.45, 2.75) is 0 Å². The van der Waals surface area contributed by atoms with Crippen molar-refractivity contribution in [3.05, 3.63) is 42.1 Å². The van der Waals surface area contributed by atoms with Gasteiger partial charge in [-0.2, -0.15) is 5.10 Å². The number of nitrogens with zero attached hydrogens (tertiary/aromatic N) is 3. The fourth-order valence-corrected chi connectivity index (χ4v) is 1.22. The summed E-state index contributed by atoms with van der Waals surface area (Å²) >= 11 is 0. The Balaban J connectivity index is 2.23. The number of hydrogen-bond donors (Lipinski definition) is 1. The summed E-state index contributed by atoms with van der Waals surface area (Å²) in [5.74, 6) is 0.571. The van der Waals surface area contributed by atoms with Gasteiger partial charge in [0, 0.05) is 13.3 Å². The lowest BCUT2D eigenvalue weighted by molar-refractivity contribution is 0.779. The molecule has 4 heteroatoms. The van der Waals surface area contributed by atoms with Crippen LogP contribution in [-0.4, -0.2) is 16.0 Å². The molecule has 0 radical (unpaired) electrons. The van der Waals surface area contributed by atoms with Crippen LogP contribution in [0.4, 0.5) is 11.5 Å². The summed E-state index contributed by atoms with van der Waals surface area (Å²) < 4.78 is 1.59. The molecule has 2 rings (SSSR count). The van der Waals surface area contributed by atoms with Crippen molar-refractivity contribution >= 4 is 17.7 Å². The molecule has 0 unspecified atom stereocenters. The van der Waals surface area contributed by atoms with E-state index in [1.54, 1.807) is 24.1 Å². The molecule has 76 valence electrons. The van der Waals surface area contributed by atoms with Gasteiger partial charge in [-0.25, -0.2) is 0 Å². The van der Waals surface area contributed by atoms with Crippen LogP contribution < -0.4 is 5.73 Å². The lowest BCUT2D eigenvalue weighted by Crippen LogP contribution is -1.96. The summed E-state index contributed by atoms with van der Waals surface area (Å²) in [5, 5.41) is 4.01. The zero-order valence-corrected chi connectivity index (χ0v) is 8.46. The number of aliphatic imine (C=N–C) groups is 1. The monoisotopic (exact) mass is 200 g/mol. The van der Waals surface area contributed by atoms with E-state index in [0.29, 0.717) is 11.5 Å². The highest BCUT2D eigenvalue weighted by Crippen LogP contribution is 2.19. The lowest BCUT2D eigenvalue weighted by Gasteiger charge is -1.94. The molecule has 0 aliphatic rings. The SMILES string of the molecule is Cn1ncc(/N=C/c2ccccc2)c1N. The Morgan fingerprint density at radius 1 is 1.33 bits per heavy atom. The second-order valence-corrected chi connectivity index (χ2v) is 3.21. The van der Waals surface area contributed by atoms with Crippen molar-refractivity contribution in [1.82, 2.24) is 9.78 Å². The molecule has 2 aromatic rings. The minimum Gasteiger partial charge on any atom is -0.382 e. The van der Waals surface area contributed by atoms with Gasteiger partial charge in [-0.05, 0) is 5.56 Å². The van der Waals surface area contributed by atoms with E-state index < -0.39 is 0 Å². The fraction of sp³-hybridized carbons (Fsp3) is 0.0909. The highest BCUT2D eigenvalue weighted by molar-refractivity contribution is 5.83. The summed E-state index contributed by atoms with van der Waals surface area (Å²) in [6.45, 7) is 0. The van der Waals surface area contributed by atoms with Crippen LogP contribution in [0.2, 0.25) is 0 Å². The standard InChI is InChI=1S/C11H12N4/c1-15-11(12)10(8-14-15)13-7-9-5-3-2-4-6-9/h2-8H,12H2,1H3/b13-7+. The van der Waals surface area contributed by atoms with Crippen LogP contribution in [0.5, 0.6) is 0 Å². The van der Waals surface area contributed by atoms with Crippen LogP contribution in [0, 0.1) is 0 Å². The lowest BCUT2D eigenvalue weighted by atomic mass is 10.2. The molecule has 0 atom stereocenters. The third-order valence-corrected chi connectivity index (χ3v) is 2.12. The Morgan fingerprint density at radius 3 is 2.67 bits per heavy atom. The number of nitrogens with two attached hydrogens (primary N) is 1. The summed E-state index contributed by atoms with van der Waals surface area (Å²) in [6, 6.07) is 9.86. The first-order valence-corrected chi connectivity index (χ1v) is 4.64. The molecular formula is C11H12N4. The minimum absolute atomic E-state index is 0.571. The Labute approximate surface area is 88.1 Å². The number of benzene rings is 1. The zero-order valence-electron chi connectivity index (χ0n) is 8.46. The van der Waals surface area contributed by atoms with Crippen molar-refractivity contribution in [2.75, 3.05) is 5.73 Å². The molecule has 0 aliphatic carbocycles. The third kappa shape index (κ3) is 2.04. The highest BCUT2D eigenvalue weighted by atomic mass is 15.3. The molecule has 0 saturated heterocycles. The molecule has 1 aromatic carbocycles. The number of aryl methyl sites for hydroxylation is 1. The van der Waals surface area contributed by atoms with Gasteiger partial charge in [0.15, 0.2) is 0 Å². The third-order valence-electron chi connectivity index (χ3n) is 2.12. The molecule has 15 heavy (non-hydrogen) atoms. The van der Waals surface area contributed by atoms with Gasteiger partial charge >= 0.3 is 0 Å². The van der Waals surface area contributed by atoms with E-state index in [0.717, 1.165) is 5.56 Å². The first-order chi connectivity index (χ1) is 7.27. The van der Waals surface area contributed by atoms with Crippen LogP contribution in [0.1, 0.15) is 5.56 Å². The zero-order chi connectivity index (χ0) is 10.7. The molecule has 0 aliphatic heterocycles. The second kappa shape index (κ2) is 3.96. The smallest absolute Gasteiger partial charge is 0.147 e. The van der Waals surface area contributed by atoms with Gasteiger partial charge in [0.2, 0.25) is 0 Å². The number of anilines is 1. The summed E-state index contributed by atoms with van der Waals surface area (Å²) in [7, 11) is 1.79. The molecule has 4 nitrogen and oxygen atoms in total. The average molecular weight is 200 g/mol. The van der Waals surface area contributed by atoms with E-state index in [9.17, 15) is 0 Å². The van der Waals surface area contributed by atoms with E-state index in [1.807, 2.05) is 30.3 Å². The van der Waals surface area contributed by atoms with Crippen molar-refractivity contribution < 1.29 is 0 Å². The minimum atomic E-state index is 0.571. The van der Waals surface area contributed by atoms with Gasteiger partial charge in [-0.15, -0.1) is 0 Å². The predicted molar refractivity (Wildman–Crippen MR) is 61.3 cm³/mol. The van der Waals surface area contributed by atoms with E-state index in [1.165, 1.54) is 0 Å². The van der Waals surface area contributed by atoms with Gasteiger partial charge in [0.1, 0.15) is 11.5 Å². The maximum atomic E-state index is 5.75. The number of nitrogen functional groups attached to an aromatic ring is 1. The molecule has 1 aromatic heterocycles. The van der Waals surface area contributed by atoms with Gasteiger partial charge in [-0.3, -0.25) is 9.67 Å². The van der Waals surface area contributed by atoms with E-state index >= 15 is 0 Å². The topological polar surface area (TPSA) is 56.2 Å². The molecule has 0 fully saturated rings. The quantitative estimate of drug-likeness (QED) is 0.751. The van der Waals surface area contributed by atoms with Crippen molar-refractivity contribution in [2.24, 2.45) is 12.0 Å². The Kier molecular flexibility index (Phi) is 2.49. The van der Waals surface area contributed by atoms with Crippen LogP contribution in [0.3, 0.4) is 0 Å². The Bertz CT molecular complexity index is 471. The molecule has 1 heterocycles. The fourth-order valence-electron chi connectivity index (χ4n) is 1.22. The molecule has 0 amide bonds. The first kappa shape index (κ1) is 9.45. The Hall–Kier alpha value is -2.10. The van der Waals surface area contributed by atoms with E-state index in [-0.39, 0.29) is 0 Å². The molecular weight excluding hydrogens is 188 g/mol. The molecule has 0 spiro atoms. The first-order valence-electron chi connectivity index (χ1n) is 4.64. The van der Waals surface area contributed by atoms with Gasteiger partial charge < -0.3 is 5.73 Å². The van der Waals surface area contributed by atoms with Gasteiger partial charge in [0.05, 0.1) is 6.20 Å². The van der Waals surface area contributed by atoms with Crippen molar-refractivity contribution in [1.29, 1.82) is 0 Å². The molecule has 0 bridgehead atoms. The second-order valence-electron chi connectivity index (χ2n) is 3.21. The Morgan fingerprint density at radius 2 is 2.07 bits per heavy atom. The normalized spacial score (nSPS) is 11.0. The van der Waals surface area contributed by atoms with Crippen molar-refractivity contribution in [3.8, 4) is 0 Å². The molecule has 0 saturated carbocycles. The largest absolute Gasteiger partial charge is 0.382 e. The predicted octanol–water partition coefficient (Wildman–Crippen LogP) is 1.75. The van der Waals surface area contributed by atoms with Crippen LogP contribution >= 0.6 is 0 Å². The van der Waals surface area contributed by atoms with Crippen LogP contribution in [0.25, 0.3) is 0 Å². The maximum absolute atomic E-state index is 5.75. The molecule has 2 N–H and O–H groups in total. The number of hydrogen-bond acceptors (Lipinski definition) is 3. The van der Waals surface area contributed by atoms with Crippen LogP contribution in [0.15, 0.2) is 41.5 Å². The summed E-state index contributed by atoms with van der Waals surface area (Å²) in [6.07, 6.45) is 3.42. The van der Waals surface area contributed by atoms with E-state index in [4.69, 9.17) is 5.73 Å². The highest BCUT2D eigenvalue weighted by Gasteiger charge is 2.00. The number of aromatic nitrogens is 2. The van der Waals surface area contributed by atoms with Gasteiger partial charge in [-0.1, -0.05) is 30.3 Å². The average Bonchev–Trinajstić information content (AvgIpc) is 2.59. The van der Waals surface area contributed by atoms with Gasteiger partial charge in [0.25, 0.3) is 0 Å². The van der Waals surface area contributed by atoms with E-state index in [2.05, 4.69) is 10.1 Å². The maximum Gasteiger partial charge on any atom is 0.147 e. The van der Waals surface area contributed by atoms with Crippen LogP contribution in [-0.2, 0) is 7.05 Å².